The van der Waals surface area contributed by atoms with E-state index in [1.54, 1.807) is 14.2 Å². The summed E-state index contributed by atoms with van der Waals surface area (Å²) in [7, 11) is 3.49. The lowest BCUT2D eigenvalue weighted by molar-refractivity contribution is -0.0319. The van der Waals surface area contributed by atoms with E-state index >= 15 is 0 Å². The van der Waals surface area contributed by atoms with Crippen LogP contribution in [0, 0.1) is 0 Å². The number of nitrogens with zero attached hydrogens (tertiary/aromatic N) is 1. The van der Waals surface area contributed by atoms with Crippen LogP contribution in [0.25, 0.3) is 0 Å². The van der Waals surface area contributed by atoms with E-state index in [2.05, 4.69) is 17.1 Å². The molecule has 2 atom stereocenters. The van der Waals surface area contributed by atoms with Crippen molar-refractivity contribution in [2.45, 2.75) is 25.5 Å². The summed E-state index contributed by atoms with van der Waals surface area (Å²) in [6, 6.07) is 0.407. The van der Waals surface area contributed by atoms with Gasteiger partial charge in [0.2, 0.25) is 0 Å². The summed E-state index contributed by atoms with van der Waals surface area (Å²) < 4.78 is 16.1. The maximum absolute atomic E-state index is 5.83. The lowest BCUT2D eigenvalue weighted by atomic mass is 10.1. The fourth-order valence-electron chi connectivity index (χ4n) is 2.27. The molecule has 1 saturated heterocycles. The van der Waals surface area contributed by atoms with Crippen molar-refractivity contribution in [1.82, 2.24) is 10.2 Å². The van der Waals surface area contributed by atoms with Crippen LogP contribution in [0.3, 0.4) is 0 Å². The third-order valence-electron chi connectivity index (χ3n) is 3.45. The Balaban J connectivity index is 2.39. The summed E-state index contributed by atoms with van der Waals surface area (Å²) in [5.41, 5.74) is 0. The highest BCUT2D eigenvalue weighted by molar-refractivity contribution is 4.80. The Morgan fingerprint density at radius 3 is 2.67 bits per heavy atom. The molecule has 1 rings (SSSR count). The molecular weight excluding hydrogens is 232 g/mol. The molecule has 108 valence electrons. The van der Waals surface area contributed by atoms with E-state index in [9.17, 15) is 0 Å². The van der Waals surface area contributed by atoms with Gasteiger partial charge < -0.3 is 19.5 Å². The summed E-state index contributed by atoms with van der Waals surface area (Å²) in [4.78, 5) is 2.43. The van der Waals surface area contributed by atoms with Crippen LogP contribution in [0.5, 0.6) is 0 Å². The van der Waals surface area contributed by atoms with Gasteiger partial charge in [-0.3, -0.25) is 4.90 Å². The highest BCUT2D eigenvalue weighted by atomic mass is 16.5. The zero-order valence-corrected chi connectivity index (χ0v) is 12.0. The summed E-state index contributed by atoms with van der Waals surface area (Å²) in [6.07, 6.45) is 1.32. The number of morpholine rings is 1. The summed E-state index contributed by atoms with van der Waals surface area (Å²) in [5.74, 6) is 0. The largest absolute Gasteiger partial charge is 0.385 e. The minimum absolute atomic E-state index is 0.276. The van der Waals surface area contributed by atoms with Crippen molar-refractivity contribution in [2.24, 2.45) is 0 Å². The minimum atomic E-state index is 0.276. The quantitative estimate of drug-likeness (QED) is 0.606. The number of ether oxygens (including phenoxy) is 3. The van der Waals surface area contributed by atoms with E-state index in [4.69, 9.17) is 14.2 Å². The Kier molecular flexibility index (Phi) is 8.54. The predicted molar refractivity (Wildman–Crippen MR) is 72.0 cm³/mol. The van der Waals surface area contributed by atoms with Gasteiger partial charge in [-0.1, -0.05) is 0 Å². The molecule has 5 nitrogen and oxygen atoms in total. The van der Waals surface area contributed by atoms with Crippen LogP contribution in [0.4, 0.5) is 0 Å². The third kappa shape index (κ3) is 5.63. The molecule has 5 heteroatoms. The first-order valence-electron chi connectivity index (χ1n) is 6.83. The van der Waals surface area contributed by atoms with E-state index < -0.39 is 0 Å². The van der Waals surface area contributed by atoms with E-state index in [-0.39, 0.29) is 6.10 Å². The van der Waals surface area contributed by atoms with Crippen molar-refractivity contribution in [3.8, 4) is 0 Å². The average molecular weight is 260 g/mol. The molecular formula is C13H28N2O3. The van der Waals surface area contributed by atoms with Crippen molar-refractivity contribution in [1.29, 1.82) is 0 Å². The first-order chi connectivity index (χ1) is 8.79. The molecule has 2 unspecified atom stereocenters. The van der Waals surface area contributed by atoms with Crippen molar-refractivity contribution in [3.63, 3.8) is 0 Å². The molecule has 0 aromatic heterocycles. The van der Waals surface area contributed by atoms with Crippen LogP contribution >= 0.6 is 0 Å². The zero-order chi connectivity index (χ0) is 13.2. The van der Waals surface area contributed by atoms with Crippen LogP contribution in [-0.2, 0) is 14.2 Å². The molecule has 0 aliphatic carbocycles. The normalized spacial score (nSPS) is 22.3. The molecule has 18 heavy (non-hydrogen) atoms. The smallest absolute Gasteiger partial charge is 0.0852 e. The topological polar surface area (TPSA) is 43.0 Å². The molecule has 0 radical (unpaired) electrons. The monoisotopic (exact) mass is 260 g/mol. The zero-order valence-electron chi connectivity index (χ0n) is 12.0. The second-order valence-electron chi connectivity index (χ2n) is 4.73. The first-order valence-corrected chi connectivity index (χ1v) is 6.83. The predicted octanol–water partition coefficient (Wildman–Crippen LogP) is 0.348. The third-order valence-corrected chi connectivity index (χ3v) is 3.45. The molecule has 1 fully saturated rings. The standard InChI is InChI=1S/C13H28N2O3/c1-12(13-11-14-5-9-18-13)15(7-10-17-3)6-4-8-16-2/h12-14H,4-11H2,1-3H3. The van der Waals surface area contributed by atoms with Gasteiger partial charge in [0.25, 0.3) is 0 Å². The number of rotatable bonds is 9. The molecule has 0 amide bonds. The minimum Gasteiger partial charge on any atom is -0.385 e. The maximum Gasteiger partial charge on any atom is 0.0852 e. The molecule has 0 saturated carbocycles. The Morgan fingerprint density at radius 2 is 2.06 bits per heavy atom. The fourth-order valence-corrected chi connectivity index (χ4v) is 2.27. The molecule has 0 aromatic carbocycles. The van der Waals surface area contributed by atoms with Crippen molar-refractivity contribution >= 4 is 0 Å². The lowest BCUT2D eigenvalue weighted by Gasteiger charge is -2.36. The number of methoxy groups -OCH3 is 2. The Bertz CT molecular complexity index is 199. The first kappa shape index (κ1) is 15.9. The van der Waals surface area contributed by atoms with Crippen LogP contribution in [0.15, 0.2) is 0 Å². The molecule has 0 aromatic rings. The van der Waals surface area contributed by atoms with Gasteiger partial charge in [-0.15, -0.1) is 0 Å². The fraction of sp³-hybridized carbons (Fsp3) is 1.00. The SMILES string of the molecule is COCCCN(CCOC)C(C)C1CNCCO1. The van der Waals surface area contributed by atoms with Gasteiger partial charge in [0, 0.05) is 53.0 Å². The van der Waals surface area contributed by atoms with Gasteiger partial charge in [0.15, 0.2) is 0 Å². The number of hydrogen-bond acceptors (Lipinski definition) is 5. The van der Waals surface area contributed by atoms with Gasteiger partial charge >= 0.3 is 0 Å². The molecule has 1 aliphatic heterocycles. The Labute approximate surface area is 111 Å². The number of hydrogen-bond donors (Lipinski definition) is 1. The summed E-state index contributed by atoms with van der Waals surface area (Å²) in [5, 5.41) is 3.39. The van der Waals surface area contributed by atoms with Gasteiger partial charge in [0.1, 0.15) is 0 Å². The Morgan fingerprint density at radius 1 is 1.28 bits per heavy atom. The maximum atomic E-state index is 5.83. The van der Waals surface area contributed by atoms with Gasteiger partial charge in [0.05, 0.1) is 19.3 Å². The van der Waals surface area contributed by atoms with Crippen LogP contribution in [-0.4, -0.2) is 77.3 Å². The second kappa shape index (κ2) is 9.69. The summed E-state index contributed by atoms with van der Waals surface area (Å²) >= 11 is 0. The van der Waals surface area contributed by atoms with E-state index in [0.29, 0.717) is 6.04 Å². The average Bonchev–Trinajstić information content (AvgIpc) is 2.43. The van der Waals surface area contributed by atoms with Crippen LogP contribution in [0.2, 0.25) is 0 Å². The van der Waals surface area contributed by atoms with Crippen LogP contribution < -0.4 is 5.32 Å². The van der Waals surface area contributed by atoms with Gasteiger partial charge in [-0.05, 0) is 13.3 Å². The van der Waals surface area contributed by atoms with Crippen molar-refractivity contribution in [3.05, 3.63) is 0 Å². The van der Waals surface area contributed by atoms with Crippen molar-refractivity contribution < 1.29 is 14.2 Å². The van der Waals surface area contributed by atoms with E-state index in [1.165, 1.54) is 0 Å². The highest BCUT2D eigenvalue weighted by Crippen LogP contribution is 2.10. The molecule has 1 N–H and O–H groups in total. The lowest BCUT2D eigenvalue weighted by Crippen LogP contribution is -2.52. The molecule has 1 aliphatic rings. The molecule has 1 heterocycles. The molecule has 0 bridgehead atoms. The van der Waals surface area contributed by atoms with E-state index in [1.807, 2.05) is 0 Å². The van der Waals surface area contributed by atoms with E-state index in [0.717, 1.165) is 52.4 Å². The van der Waals surface area contributed by atoms with Gasteiger partial charge in [-0.25, -0.2) is 0 Å². The van der Waals surface area contributed by atoms with Crippen molar-refractivity contribution in [2.75, 3.05) is 60.2 Å². The molecule has 0 spiro atoms. The highest BCUT2D eigenvalue weighted by Gasteiger charge is 2.25. The Hall–Kier alpha value is -0.200. The number of nitrogens with one attached hydrogen (secondary N) is 1. The van der Waals surface area contributed by atoms with Crippen LogP contribution in [0.1, 0.15) is 13.3 Å². The summed E-state index contributed by atoms with van der Waals surface area (Å²) in [6.45, 7) is 8.49. The van der Waals surface area contributed by atoms with Gasteiger partial charge in [-0.2, -0.15) is 0 Å². The second-order valence-corrected chi connectivity index (χ2v) is 4.73.